The summed E-state index contributed by atoms with van der Waals surface area (Å²) in [6.07, 6.45) is 0.798. The Morgan fingerprint density at radius 1 is 1.38 bits per heavy atom. The Morgan fingerprint density at radius 2 is 1.92 bits per heavy atom. The average molecular weight is 184 g/mol. The summed E-state index contributed by atoms with van der Waals surface area (Å²) in [5.74, 6) is -0.148. The van der Waals surface area contributed by atoms with E-state index in [1.807, 2.05) is 0 Å². The second-order valence-corrected chi connectivity index (χ2v) is 3.19. The van der Waals surface area contributed by atoms with Crippen LogP contribution in [0, 0.1) is 0 Å². The van der Waals surface area contributed by atoms with Gasteiger partial charge >= 0.3 is 0 Å². The molecule has 0 spiro atoms. The predicted octanol–water partition coefficient (Wildman–Crippen LogP) is -1.04. The highest BCUT2D eigenvalue weighted by molar-refractivity contribution is 5.81. The van der Waals surface area contributed by atoms with Gasteiger partial charge in [-0.05, 0) is 6.92 Å². The number of nitrogens with zero attached hydrogens (tertiary/aromatic N) is 2. The molecule has 1 heterocycles. The Hall–Kier alpha value is -1.10. The van der Waals surface area contributed by atoms with Crippen molar-refractivity contribution in [2.75, 3.05) is 26.2 Å². The van der Waals surface area contributed by atoms with Gasteiger partial charge < -0.3 is 9.80 Å². The van der Waals surface area contributed by atoms with E-state index in [1.165, 1.54) is 0 Å². The Morgan fingerprint density at radius 3 is 2.31 bits per heavy atom. The highest BCUT2D eigenvalue weighted by Crippen LogP contribution is 2.01. The summed E-state index contributed by atoms with van der Waals surface area (Å²) in [4.78, 5) is 25.0. The Bertz CT molecular complexity index is 198. The van der Waals surface area contributed by atoms with Crippen molar-refractivity contribution in [1.82, 2.24) is 15.5 Å². The quantitative estimate of drug-likeness (QED) is 0.514. The minimum absolute atomic E-state index is 0.148. The molecule has 0 aromatic heterocycles. The van der Waals surface area contributed by atoms with E-state index in [9.17, 15) is 9.59 Å². The molecule has 0 saturated carbocycles. The van der Waals surface area contributed by atoms with E-state index in [-0.39, 0.29) is 5.91 Å². The molecule has 5 nitrogen and oxygen atoms in total. The van der Waals surface area contributed by atoms with Gasteiger partial charge in [-0.3, -0.25) is 9.59 Å². The Kier molecular flexibility index (Phi) is 3.25. The van der Waals surface area contributed by atoms with Gasteiger partial charge in [-0.1, -0.05) is 0 Å². The van der Waals surface area contributed by atoms with Crippen molar-refractivity contribution in [1.29, 1.82) is 0 Å². The summed E-state index contributed by atoms with van der Waals surface area (Å²) >= 11 is 0. The fraction of sp³-hybridized carbons (Fsp3) is 0.750. The monoisotopic (exact) mass is 184 g/mol. The zero-order chi connectivity index (χ0) is 9.84. The number of hydrogen-bond acceptors (Lipinski definition) is 2. The maximum Gasteiger partial charge on any atom is 0.240 e. The number of nitrogens with one attached hydrogen (secondary N) is 1. The Labute approximate surface area is 77.5 Å². The molecule has 73 valence electrons. The van der Waals surface area contributed by atoms with Gasteiger partial charge in [0.2, 0.25) is 12.3 Å². The van der Waals surface area contributed by atoms with Crippen LogP contribution in [0.3, 0.4) is 0 Å². The predicted molar refractivity (Wildman–Crippen MR) is 46.8 cm³/mol. The molecule has 1 N–H and O–H groups in total. The normalized spacial score (nSPS) is 19.8. The van der Waals surface area contributed by atoms with E-state index in [4.69, 9.17) is 5.73 Å². The SMILES string of the molecule is CC([NH])C(=O)N1CCN(C=O)CC1. The molecule has 5 heteroatoms. The van der Waals surface area contributed by atoms with E-state index < -0.39 is 6.04 Å². The van der Waals surface area contributed by atoms with Crippen LogP contribution in [0.1, 0.15) is 6.92 Å². The molecule has 1 fully saturated rings. The minimum Gasteiger partial charge on any atom is -0.342 e. The van der Waals surface area contributed by atoms with Crippen LogP contribution in [0.15, 0.2) is 0 Å². The van der Waals surface area contributed by atoms with Gasteiger partial charge in [0.25, 0.3) is 0 Å². The van der Waals surface area contributed by atoms with Crippen LogP contribution in [0.4, 0.5) is 0 Å². The third-order valence-electron chi connectivity index (χ3n) is 2.15. The van der Waals surface area contributed by atoms with Crippen LogP contribution >= 0.6 is 0 Å². The largest absolute Gasteiger partial charge is 0.342 e. The van der Waals surface area contributed by atoms with E-state index in [0.717, 1.165) is 6.41 Å². The summed E-state index contributed by atoms with van der Waals surface area (Å²) in [6.45, 7) is 3.85. The maximum absolute atomic E-state index is 11.3. The molecule has 1 unspecified atom stereocenters. The topological polar surface area (TPSA) is 64.4 Å². The van der Waals surface area contributed by atoms with Gasteiger partial charge in [-0.15, -0.1) is 0 Å². The second-order valence-electron chi connectivity index (χ2n) is 3.19. The van der Waals surface area contributed by atoms with E-state index in [0.29, 0.717) is 26.2 Å². The molecule has 0 bridgehead atoms. The fourth-order valence-corrected chi connectivity index (χ4v) is 1.32. The summed E-state index contributed by atoms with van der Waals surface area (Å²) in [5, 5.41) is 0. The first-order chi connectivity index (χ1) is 6.15. The lowest BCUT2D eigenvalue weighted by atomic mass is 10.2. The molecular formula is C8H14N3O2. The molecule has 0 aliphatic carbocycles. The van der Waals surface area contributed by atoms with Crippen LogP contribution in [-0.4, -0.2) is 54.3 Å². The van der Waals surface area contributed by atoms with E-state index in [1.54, 1.807) is 16.7 Å². The molecule has 2 amide bonds. The lowest BCUT2D eigenvalue weighted by molar-refractivity contribution is -0.136. The first kappa shape index (κ1) is 9.98. The molecule has 0 aromatic rings. The van der Waals surface area contributed by atoms with Gasteiger partial charge in [0.1, 0.15) is 0 Å². The van der Waals surface area contributed by atoms with Gasteiger partial charge in [0.05, 0.1) is 6.04 Å². The number of carbonyl (C=O) groups is 2. The summed E-state index contributed by atoms with van der Waals surface area (Å²) < 4.78 is 0. The number of carbonyl (C=O) groups excluding carboxylic acids is 2. The molecule has 1 aliphatic heterocycles. The number of rotatable bonds is 2. The standard InChI is InChI=1S/C8H14N3O2/c1-7(9)8(13)11-4-2-10(6-12)3-5-11/h6-7,9H,2-5H2,1H3. The smallest absolute Gasteiger partial charge is 0.240 e. The fourth-order valence-electron chi connectivity index (χ4n) is 1.32. The van der Waals surface area contributed by atoms with Crippen molar-refractivity contribution < 1.29 is 9.59 Å². The third-order valence-corrected chi connectivity index (χ3v) is 2.15. The molecule has 1 radical (unpaired) electrons. The van der Waals surface area contributed by atoms with E-state index >= 15 is 0 Å². The van der Waals surface area contributed by atoms with Crippen LogP contribution < -0.4 is 5.73 Å². The lowest BCUT2D eigenvalue weighted by Gasteiger charge is -2.33. The number of hydrogen-bond donors (Lipinski definition) is 0. The highest BCUT2D eigenvalue weighted by atomic mass is 16.2. The van der Waals surface area contributed by atoms with Crippen molar-refractivity contribution >= 4 is 12.3 Å². The van der Waals surface area contributed by atoms with Crippen LogP contribution in [0.5, 0.6) is 0 Å². The molecule has 1 saturated heterocycles. The molecule has 1 atom stereocenters. The van der Waals surface area contributed by atoms with Crippen LogP contribution in [0.25, 0.3) is 0 Å². The van der Waals surface area contributed by atoms with Crippen molar-refractivity contribution in [2.45, 2.75) is 13.0 Å². The third kappa shape index (κ3) is 2.42. The number of amides is 2. The minimum atomic E-state index is -0.692. The molecule has 1 aliphatic rings. The lowest BCUT2D eigenvalue weighted by Crippen LogP contribution is -2.50. The van der Waals surface area contributed by atoms with Crippen molar-refractivity contribution in [3.8, 4) is 0 Å². The van der Waals surface area contributed by atoms with Crippen LogP contribution in [-0.2, 0) is 9.59 Å². The van der Waals surface area contributed by atoms with Gasteiger partial charge in [-0.25, -0.2) is 5.73 Å². The zero-order valence-corrected chi connectivity index (χ0v) is 7.69. The molecule has 0 aromatic carbocycles. The summed E-state index contributed by atoms with van der Waals surface area (Å²) in [5.41, 5.74) is 7.24. The van der Waals surface area contributed by atoms with E-state index in [2.05, 4.69) is 0 Å². The second kappa shape index (κ2) is 4.23. The average Bonchev–Trinajstić information content (AvgIpc) is 2.17. The first-order valence-corrected chi connectivity index (χ1v) is 4.34. The molecule has 1 rings (SSSR count). The number of piperazine rings is 1. The zero-order valence-electron chi connectivity index (χ0n) is 7.69. The molecular weight excluding hydrogens is 170 g/mol. The summed E-state index contributed by atoms with van der Waals surface area (Å²) in [7, 11) is 0. The molecule has 13 heavy (non-hydrogen) atoms. The first-order valence-electron chi connectivity index (χ1n) is 4.34. The van der Waals surface area contributed by atoms with Crippen molar-refractivity contribution in [3.05, 3.63) is 0 Å². The highest BCUT2D eigenvalue weighted by Gasteiger charge is 2.22. The Balaban J connectivity index is 2.40. The van der Waals surface area contributed by atoms with Crippen LogP contribution in [0.2, 0.25) is 0 Å². The van der Waals surface area contributed by atoms with Crippen molar-refractivity contribution in [3.63, 3.8) is 0 Å². The van der Waals surface area contributed by atoms with Gasteiger partial charge in [0, 0.05) is 26.2 Å². The maximum atomic E-state index is 11.3. The van der Waals surface area contributed by atoms with Gasteiger partial charge in [-0.2, -0.15) is 0 Å². The van der Waals surface area contributed by atoms with Crippen molar-refractivity contribution in [2.24, 2.45) is 0 Å². The summed E-state index contributed by atoms with van der Waals surface area (Å²) in [6, 6.07) is -0.692. The van der Waals surface area contributed by atoms with Gasteiger partial charge in [0.15, 0.2) is 0 Å².